The third-order valence-corrected chi connectivity index (χ3v) is 5.52. The molecule has 174 valence electrons. The maximum atomic E-state index is 12.8. The Balaban J connectivity index is 1.74. The van der Waals surface area contributed by atoms with Crippen LogP contribution in [0.3, 0.4) is 0 Å². The number of alkyl halides is 3. The minimum atomic E-state index is -4.57. The van der Waals surface area contributed by atoms with Crippen LogP contribution in [-0.4, -0.2) is 35.2 Å². The fraction of sp³-hybridized carbons (Fsp3) is 0.158. The van der Waals surface area contributed by atoms with E-state index in [9.17, 15) is 18.0 Å². The Kier molecular flexibility index (Phi) is 7.72. The lowest BCUT2D eigenvalue weighted by Crippen LogP contribution is -2.24. The van der Waals surface area contributed by atoms with Gasteiger partial charge in [-0.25, -0.2) is 4.79 Å². The molecule has 0 fully saturated rings. The standard InChI is InChI=1S/C19H14Cl2F3N5O3S/c1-31-14-7-15(32-2)27-17(26-14)28-18(30)29-33-13-5-9(3-4-11(13)20)16-12(21)6-10(8-25-16)19(22,23)24/h3-8H,1-2H3,(H2,26,27,28,29,30). The second-order valence-electron chi connectivity index (χ2n) is 6.13. The number of methoxy groups -OCH3 is 2. The van der Waals surface area contributed by atoms with Gasteiger partial charge in [-0.1, -0.05) is 29.3 Å². The van der Waals surface area contributed by atoms with Crippen LogP contribution in [0.1, 0.15) is 5.56 Å². The highest BCUT2D eigenvalue weighted by atomic mass is 35.5. The van der Waals surface area contributed by atoms with Crippen LogP contribution in [-0.2, 0) is 6.18 Å². The lowest BCUT2D eigenvalue weighted by atomic mass is 10.1. The van der Waals surface area contributed by atoms with Gasteiger partial charge in [-0.2, -0.15) is 23.1 Å². The SMILES string of the molecule is COc1cc(OC)nc(NC(=O)NSc2cc(-c3ncc(C(F)(F)F)cc3Cl)ccc2Cl)n1. The Labute approximate surface area is 200 Å². The minimum absolute atomic E-state index is 0.0649. The number of carbonyl (C=O) groups excluding carboxylic acids is 1. The highest BCUT2D eigenvalue weighted by molar-refractivity contribution is 7.98. The van der Waals surface area contributed by atoms with Gasteiger partial charge in [0.25, 0.3) is 0 Å². The van der Waals surface area contributed by atoms with Crippen LogP contribution in [0.4, 0.5) is 23.9 Å². The second kappa shape index (κ2) is 10.3. The van der Waals surface area contributed by atoms with E-state index in [1.807, 2.05) is 0 Å². The predicted octanol–water partition coefficient (Wildman–Crippen LogP) is 5.71. The van der Waals surface area contributed by atoms with Gasteiger partial charge in [0, 0.05) is 16.7 Å². The molecule has 0 saturated carbocycles. The van der Waals surface area contributed by atoms with E-state index < -0.39 is 17.8 Å². The monoisotopic (exact) mass is 519 g/mol. The summed E-state index contributed by atoms with van der Waals surface area (Å²) in [6.07, 6.45) is -3.87. The van der Waals surface area contributed by atoms with Gasteiger partial charge in [0.05, 0.1) is 41.6 Å². The summed E-state index contributed by atoms with van der Waals surface area (Å²) in [6.45, 7) is 0. The van der Waals surface area contributed by atoms with Crippen molar-refractivity contribution in [2.75, 3.05) is 19.5 Å². The molecule has 33 heavy (non-hydrogen) atoms. The van der Waals surface area contributed by atoms with Crippen LogP contribution in [0, 0.1) is 0 Å². The highest BCUT2D eigenvalue weighted by Gasteiger charge is 2.31. The molecule has 14 heteroatoms. The fourth-order valence-corrected chi connectivity index (χ4v) is 3.55. The van der Waals surface area contributed by atoms with Gasteiger partial charge in [-0.05, 0) is 30.1 Å². The van der Waals surface area contributed by atoms with Crippen LogP contribution >= 0.6 is 35.1 Å². The first kappa shape index (κ1) is 24.7. The van der Waals surface area contributed by atoms with Gasteiger partial charge >= 0.3 is 12.2 Å². The van der Waals surface area contributed by atoms with E-state index in [2.05, 4.69) is 25.0 Å². The van der Waals surface area contributed by atoms with E-state index in [1.54, 1.807) is 6.07 Å². The zero-order chi connectivity index (χ0) is 24.2. The van der Waals surface area contributed by atoms with Crippen molar-refractivity contribution in [3.05, 3.63) is 52.1 Å². The molecule has 2 aromatic heterocycles. The summed E-state index contributed by atoms with van der Waals surface area (Å²) < 4.78 is 51.1. The molecule has 0 spiro atoms. The topological polar surface area (TPSA) is 98.3 Å². The maximum absolute atomic E-state index is 12.8. The molecule has 0 saturated heterocycles. The molecule has 0 aliphatic carbocycles. The summed E-state index contributed by atoms with van der Waals surface area (Å²) in [4.78, 5) is 24.4. The maximum Gasteiger partial charge on any atom is 0.417 e. The number of pyridine rings is 1. The molecular weight excluding hydrogens is 506 g/mol. The van der Waals surface area contributed by atoms with Gasteiger partial charge < -0.3 is 9.47 Å². The van der Waals surface area contributed by atoms with Crippen molar-refractivity contribution in [2.45, 2.75) is 11.1 Å². The van der Waals surface area contributed by atoms with Gasteiger partial charge in [-0.3, -0.25) is 15.0 Å². The van der Waals surface area contributed by atoms with Crippen molar-refractivity contribution in [1.29, 1.82) is 0 Å². The lowest BCUT2D eigenvalue weighted by Gasteiger charge is -2.11. The molecule has 8 nitrogen and oxygen atoms in total. The molecule has 3 aromatic rings. The number of nitrogens with zero attached hydrogens (tertiary/aromatic N) is 3. The molecule has 1 aromatic carbocycles. The molecule has 0 aliphatic heterocycles. The van der Waals surface area contributed by atoms with Crippen molar-refractivity contribution < 1.29 is 27.4 Å². The first-order valence-corrected chi connectivity index (χ1v) is 10.4. The molecule has 3 rings (SSSR count). The highest BCUT2D eigenvalue weighted by Crippen LogP contribution is 2.36. The second-order valence-corrected chi connectivity index (χ2v) is 7.79. The third kappa shape index (κ3) is 6.30. The third-order valence-electron chi connectivity index (χ3n) is 3.95. The molecule has 0 atom stereocenters. The van der Waals surface area contributed by atoms with Crippen LogP contribution < -0.4 is 19.5 Å². The van der Waals surface area contributed by atoms with Gasteiger partial charge in [0.2, 0.25) is 17.7 Å². The number of ether oxygens (including phenoxy) is 2. The molecule has 0 bridgehead atoms. The van der Waals surface area contributed by atoms with Gasteiger partial charge in [0.15, 0.2) is 0 Å². The number of amides is 2. The van der Waals surface area contributed by atoms with Crippen LogP contribution in [0.2, 0.25) is 10.0 Å². The summed E-state index contributed by atoms with van der Waals surface area (Å²) >= 11 is 13.0. The van der Waals surface area contributed by atoms with E-state index in [1.165, 1.54) is 32.4 Å². The van der Waals surface area contributed by atoms with Crippen molar-refractivity contribution in [3.8, 4) is 23.0 Å². The van der Waals surface area contributed by atoms with Crippen LogP contribution in [0.15, 0.2) is 41.4 Å². The Hall–Kier alpha value is -2.96. The van der Waals surface area contributed by atoms with E-state index in [0.29, 0.717) is 16.7 Å². The number of benzene rings is 1. The van der Waals surface area contributed by atoms with Crippen molar-refractivity contribution in [2.24, 2.45) is 0 Å². The zero-order valence-electron chi connectivity index (χ0n) is 16.8. The largest absolute Gasteiger partial charge is 0.481 e. The molecule has 2 amide bonds. The molecule has 2 heterocycles. The summed E-state index contributed by atoms with van der Waals surface area (Å²) in [7, 11) is 2.79. The van der Waals surface area contributed by atoms with E-state index in [0.717, 1.165) is 18.0 Å². The fourth-order valence-electron chi connectivity index (χ4n) is 2.43. The Morgan fingerprint density at radius 3 is 2.27 bits per heavy atom. The predicted molar refractivity (Wildman–Crippen MR) is 118 cm³/mol. The number of carbonyl (C=O) groups is 1. The summed E-state index contributed by atoms with van der Waals surface area (Å²) in [5.41, 5.74) is -0.428. The normalized spacial score (nSPS) is 11.1. The Morgan fingerprint density at radius 1 is 1.03 bits per heavy atom. The number of nitrogens with one attached hydrogen (secondary N) is 2. The quantitative estimate of drug-likeness (QED) is 0.402. The van der Waals surface area contributed by atoms with Gasteiger partial charge in [-0.15, -0.1) is 0 Å². The lowest BCUT2D eigenvalue weighted by molar-refractivity contribution is -0.137. The molecule has 2 N–H and O–H groups in total. The Morgan fingerprint density at radius 2 is 1.70 bits per heavy atom. The average Bonchev–Trinajstić information content (AvgIpc) is 2.77. The van der Waals surface area contributed by atoms with Gasteiger partial charge in [0.1, 0.15) is 0 Å². The smallest absolute Gasteiger partial charge is 0.417 e. The molecular formula is C19H14Cl2F3N5O3S. The number of anilines is 1. The van der Waals surface area contributed by atoms with E-state index in [4.69, 9.17) is 32.7 Å². The number of hydrogen-bond donors (Lipinski definition) is 2. The summed E-state index contributed by atoms with van der Waals surface area (Å²) in [6, 6.07) is 6.12. The molecule has 0 unspecified atom stereocenters. The minimum Gasteiger partial charge on any atom is -0.481 e. The number of halogens is 5. The van der Waals surface area contributed by atoms with E-state index in [-0.39, 0.29) is 33.4 Å². The van der Waals surface area contributed by atoms with E-state index >= 15 is 0 Å². The molecule has 0 radical (unpaired) electrons. The van der Waals surface area contributed by atoms with Crippen molar-refractivity contribution in [1.82, 2.24) is 19.7 Å². The van der Waals surface area contributed by atoms with Crippen LogP contribution in [0.25, 0.3) is 11.3 Å². The summed E-state index contributed by atoms with van der Waals surface area (Å²) in [5, 5.41) is 2.52. The first-order chi connectivity index (χ1) is 15.6. The first-order valence-electron chi connectivity index (χ1n) is 8.84. The van der Waals surface area contributed by atoms with Crippen molar-refractivity contribution >= 4 is 47.1 Å². The van der Waals surface area contributed by atoms with Crippen molar-refractivity contribution in [3.63, 3.8) is 0 Å². The zero-order valence-corrected chi connectivity index (χ0v) is 19.2. The molecule has 0 aliphatic rings. The number of hydrogen-bond acceptors (Lipinski definition) is 7. The number of urea groups is 1. The van der Waals surface area contributed by atoms with Crippen LogP contribution in [0.5, 0.6) is 11.8 Å². The Bertz CT molecular complexity index is 1160. The average molecular weight is 520 g/mol. The number of rotatable bonds is 6. The summed E-state index contributed by atoms with van der Waals surface area (Å²) in [5.74, 6) is 0.299. The number of aromatic nitrogens is 3.